The van der Waals surface area contributed by atoms with E-state index in [0.29, 0.717) is 18.1 Å². The Balaban J connectivity index is 1.44. The van der Waals surface area contributed by atoms with Crippen LogP contribution in [0.15, 0.2) is 12.4 Å². The largest absolute Gasteiger partial charge is 0.381 e. The maximum absolute atomic E-state index is 13.4. The molecule has 1 saturated carbocycles. The number of nitrogens with zero attached hydrogens (tertiary/aromatic N) is 4. The minimum Gasteiger partial charge on any atom is -0.381 e. The molecule has 0 bridgehead atoms. The van der Waals surface area contributed by atoms with Gasteiger partial charge in [-0.1, -0.05) is 6.92 Å². The van der Waals surface area contributed by atoms with Crippen molar-refractivity contribution in [2.75, 3.05) is 31.6 Å². The van der Waals surface area contributed by atoms with Crippen LogP contribution in [0.3, 0.4) is 0 Å². The lowest BCUT2D eigenvalue weighted by Gasteiger charge is -2.40. The van der Waals surface area contributed by atoms with E-state index in [0.717, 1.165) is 82.5 Å². The van der Waals surface area contributed by atoms with Crippen LogP contribution in [0.25, 0.3) is 0 Å². The van der Waals surface area contributed by atoms with E-state index in [1.165, 1.54) is 0 Å². The molecular weight excluding hydrogens is 340 g/mol. The number of ether oxygens (including phenoxy) is 1. The summed E-state index contributed by atoms with van der Waals surface area (Å²) in [5.74, 6) is 1.15. The molecule has 27 heavy (non-hydrogen) atoms. The summed E-state index contributed by atoms with van der Waals surface area (Å²) >= 11 is 0. The van der Waals surface area contributed by atoms with Crippen molar-refractivity contribution >= 4 is 11.9 Å². The van der Waals surface area contributed by atoms with Gasteiger partial charge in [0.15, 0.2) is 0 Å². The van der Waals surface area contributed by atoms with Crippen molar-refractivity contribution in [2.45, 2.75) is 70.4 Å². The average Bonchev–Trinajstić information content (AvgIpc) is 3.04. The number of hydrogen-bond donors (Lipinski definition) is 0. The summed E-state index contributed by atoms with van der Waals surface area (Å²) in [6, 6.07) is 0.402. The molecule has 6 nitrogen and oxygen atoms in total. The lowest BCUT2D eigenvalue weighted by molar-refractivity contribution is -0.139. The van der Waals surface area contributed by atoms with Gasteiger partial charge in [-0.2, -0.15) is 0 Å². The third-order valence-corrected chi connectivity index (χ3v) is 6.92. The van der Waals surface area contributed by atoms with Crippen molar-refractivity contribution in [3.63, 3.8) is 0 Å². The average molecular weight is 373 g/mol. The smallest absolute Gasteiger partial charge is 0.230 e. The first-order valence-corrected chi connectivity index (χ1v) is 10.5. The van der Waals surface area contributed by atoms with E-state index >= 15 is 0 Å². The second-order valence-corrected chi connectivity index (χ2v) is 8.47. The molecule has 1 unspecified atom stereocenters. The number of amides is 1. The summed E-state index contributed by atoms with van der Waals surface area (Å²) in [7, 11) is 1.80. The van der Waals surface area contributed by atoms with E-state index in [1.54, 1.807) is 7.11 Å². The van der Waals surface area contributed by atoms with Gasteiger partial charge >= 0.3 is 0 Å². The Labute approximate surface area is 162 Å². The standard InChI is InChI=1S/C21H32N4O2/c1-3-16-13-22-20(23-14-16)24-11-4-9-21(15-24)10-12-25(19(21)26)17-5-7-18(27-2)8-6-17/h13-14,17-18H,3-12,15H2,1-2H3. The van der Waals surface area contributed by atoms with Gasteiger partial charge in [-0.15, -0.1) is 0 Å². The molecule has 1 aromatic rings. The fourth-order valence-electron chi connectivity index (χ4n) is 5.16. The Bertz CT molecular complexity index is 657. The summed E-state index contributed by atoms with van der Waals surface area (Å²) in [6.45, 7) is 4.73. The first-order chi connectivity index (χ1) is 13.1. The summed E-state index contributed by atoms with van der Waals surface area (Å²) in [6.07, 6.45) is 12.5. The van der Waals surface area contributed by atoms with Gasteiger partial charge in [0, 0.05) is 45.2 Å². The van der Waals surface area contributed by atoms with Crippen LogP contribution in [0.4, 0.5) is 5.95 Å². The van der Waals surface area contributed by atoms with Gasteiger partial charge in [0.2, 0.25) is 11.9 Å². The second-order valence-electron chi connectivity index (χ2n) is 8.47. The zero-order valence-electron chi connectivity index (χ0n) is 16.7. The fourth-order valence-corrected chi connectivity index (χ4v) is 5.16. The van der Waals surface area contributed by atoms with Gasteiger partial charge in [-0.25, -0.2) is 9.97 Å². The highest BCUT2D eigenvalue weighted by Gasteiger charge is 2.51. The van der Waals surface area contributed by atoms with Crippen LogP contribution in [-0.4, -0.2) is 59.7 Å². The number of likely N-dealkylation sites (tertiary alicyclic amines) is 1. The van der Waals surface area contributed by atoms with E-state index in [9.17, 15) is 4.79 Å². The lowest BCUT2D eigenvalue weighted by atomic mass is 9.78. The molecule has 2 saturated heterocycles. The second kappa shape index (κ2) is 7.74. The molecule has 0 radical (unpaired) electrons. The molecule has 1 aromatic heterocycles. The summed E-state index contributed by atoms with van der Waals surface area (Å²) in [5.41, 5.74) is 0.920. The number of rotatable bonds is 4. The van der Waals surface area contributed by atoms with E-state index in [-0.39, 0.29) is 5.41 Å². The molecule has 1 spiro atoms. The van der Waals surface area contributed by atoms with Crippen molar-refractivity contribution in [3.8, 4) is 0 Å². The fraction of sp³-hybridized carbons (Fsp3) is 0.762. The number of methoxy groups -OCH3 is 1. The van der Waals surface area contributed by atoms with Crippen LogP contribution in [0, 0.1) is 5.41 Å². The Morgan fingerprint density at radius 3 is 2.56 bits per heavy atom. The Kier molecular flexibility index (Phi) is 5.35. The van der Waals surface area contributed by atoms with Crippen molar-refractivity contribution in [1.29, 1.82) is 0 Å². The number of anilines is 1. The van der Waals surface area contributed by atoms with E-state index in [2.05, 4.69) is 26.7 Å². The number of carbonyl (C=O) groups is 1. The third kappa shape index (κ3) is 3.56. The van der Waals surface area contributed by atoms with Crippen molar-refractivity contribution in [2.24, 2.45) is 5.41 Å². The summed E-state index contributed by atoms with van der Waals surface area (Å²) < 4.78 is 5.49. The first-order valence-electron chi connectivity index (χ1n) is 10.5. The maximum atomic E-state index is 13.4. The van der Waals surface area contributed by atoms with Crippen LogP contribution in [0.1, 0.15) is 57.4 Å². The number of piperidine rings is 1. The van der Waals surface area contributed by atoms with Gasteiger partial charge in [-0.3, -0.25) is 4.79 Å². The molecule has 1 amide bonds. The van der Waals surface area contributed by atoms with Crippen molar-refractivity contribution in [3.05, 3.63) is 18.0 Å². The molecule has 3 fully saturated rings. The van der Waals surface area contributed by atoms with Crippen LogP contribution in [-0.2, 0) is 16.0 Å². The van der Waals surface area contributed by atoms with Gasteiger partial charge < -0.3 is 14.5 Å². The highest BCUT2D eigenvalue weighted by molar-refractivity contribution is 5.86. The maximum Gasteiger partial charge on any atom is 0.230 e. The van der Waals surface area contributed by atoms with Crippen molar-refractivity contribution < 1.29 is 9.53 Å². The van der Waals surface area contributed by atoms with Crippen LogP contribution in [0.5, 0.6) is 0 Å². The van der Waals surface area contributed by atoms with Crippen molar-refractivity contribution in [1.82, 2.24) is 14.9 Å². The normalized spacial score (nSPS) is 31.7. The molecule has 0 aromatic carbocycles. The minimum absolute atomic E-state index is 0.233. The van der Waals surface area contributed by atoms with Gasteiger partial charge in [0.05, 0.1) is 11.5 Å². The zero-order valence-corrected chi connectivity index (χ0v) is 16.7. The first kappa shape index (κ1) is 18.7. The molecule has 1 aliphatic carbocycles. The molecule has 3 aliphatic rings. The SMILES string of the molecule is CCc1cnc(N2CCCC3(CCN(C4CCC(OC)CC4)C3=O)C2)nc1. The van der Waals surface area contributed by atoms with Gasteiger partial charge in [0.25, 0.3) is 0 Å². The molecule has 3 heterocycles. The zero-order chi connectivity index (χ0) is 18.9. The molecule has 6 heteroatoms. The van der Waals surface area contributed by atoms with Crippen LogP contribution in [0.2, 0.25) is 0 Å². The molecule has 148 valence electrons. The molecule has 0 N–H and O–H groups in total. The molecule has 2 aliphatic heterocycles. The minimum atomic E-state index is -0.233. The highest BCUT2D eigenvalue weighted by Crippen LogP contribution is 2.43. The Morgan fingerprint density at radius 2 is 1.89 bits per heavy atom. The Morgan fingerprint density at radius 1 is 1.15 bits per heavy atom. The monoisotopic (exact) mass is 372 g/mol. The number of aryl methyl sites for hydroxylation is 1. The third-order valence-electron chi connectivity index (χ3n) is 6.92. The number of hydrogen-bond acceptors (Lipinski definition) is 5. The highest BCUT2D eigenvalue weighted by atomic mass is 16.5. The summed E-state index contributed by atoms with van der Waals surface area (Å²) in [5, 5.41) is 0. The quantitative estimate of drug-likeness (QED) is 0.813. The van der Waals surface area contributed by atoms with Gasteiger partial charge in [0.1, 0.15) is 0 Å². The number of carbonyl (C=O) groups excluding carboxylic acids is 1. The molecule has 1 atom stereocenters. The number of aromatic nitrogens is 2. The predicted octanol–water partition coefficient (Wildman–Crippen LogP) is 2.82. The topological polar surface area (TPSA) is 58.6 Å². The van der Waals surface area contributed by atoms with Gasteiger partial charge in [-0.05, 0) is 56.9 Å². The predicted molar refractivity (Wildman–Crippen MR) is 105 cm³/mol. The summed E-state index contributed by atoms with van der Waals surface area (Å²) in [4.78, 5) is 27.0. The Hall–Kier alpha value is -1.69. The van der Waals surface area contributed by atoms with E-state index in [1.807, 2.05) is 12.4 Å². The van der Waals surface area contributed by atoms with E-state index < -0.39 is 0 Å². The van der Waals surface area contributed by atoms with Crippen LogP contribution < -0.4 is 4.90 Å². The van der Waals surface area contributed by atoms with E-state index in [4.69, 9.17) is 4.74 Å². The molecule has 4 rings (SSSR count). The van der Waals surface area contributed by atoms with Crippen LogP contribution >= 0.6 is 0 Å². The molecular formula is C21H32N4O2. The lowest BCUT2D eigenvalue weighted by Crippen LogP contribution is -2.50.